The zero-order valence-corrected chi connectivity index (χ0v) is 17.2. The topological polar surface area (TPSA) is 9.23 Å². The van der Waals surface area contributed by atoms with Crippen molar-refractivity contribution in [2.75, 3.05) is 6.61 Å². The van der Waals surface area contributed by atoms with Gasteiger partial charge in [0.25, 0.3) is 0 Å². The number of hydrogen-bond acceptors (Lipinski definition) is 1. The number of benzene rings is 1. The smallest absolute Gasteiger partial charge is 0.493 e. The molecule has 0 atom stereocenters. The molecule has 0 amide bonds. The maximum Gasteiger partial charge on any atom is 1.00 e. The van der Waals surface area contributed by atoms with Gasteiger partial charge in [0.05, 0.1) is 12.4 Å². The molecule has 0 N–H and O–H groups in total. The Bertz CT molecular complexity index is 441. The van der Waals surface area contributed by atoms with E-state index >= 15 is 0 Å². The Hall–Kier alpha value is 0.441. The average Bonchev–Trinajstić information content (AvgIpc) is 2.44. The van der Waals surface area contributed by atoms with E-state index in [0.29, 0.717) is 6.61 Å². The molecule has 1 aromatic rings. The molecule has 0 aliphatic carbocycles. The molecule has 0 aliphatic rings. The summed E-state index contributed by atoms with van der Waals surface area (Å²) in [7, 11) is 0. The quantitative estimate of drug-likeness (QED) is 0.335. The normalized spacial score (nSPS) is 11.2. The maximum absolute atomic E-state index is 13.3. The van der Waals surface area contributed by atoms with E-state index in [0.717, 1.165) is 31.4 Å². The predicted octanol–water partition coefficient (Wildman–Crippen LogP) is 2.40. The van der Waals surface area contributed by atoms with Gasteiger partial charge in [0, 0.05) is 6.07 Å². The first-order valence-electron chi connectivity index (χ1n) is 8.07. The van der Waals surface area contributed by atoms with Crippen molar-refractivity contribution in [1.29, 1.82) is 0 Å². The van der Waals surface area contributed by atoms with Gasteiger partial charge in [-0.15, -0.1) is 0 Å². The molecule has 0 bridgehead atoms. The Morgan fingerprint density at radius 3 is 2.00 bits per heavy atom. The van der Waals surface area contributed by atoms with Gasteiger partial charge in [-0.2, -0.15) is 0 Å². The standard InChI is InChI=1S/C16H24BF4O.K/c1-2-3-4-5-6-7-8-9-12-22-14-10-11-15(16(18)13-14)17(19,20)21;/h10-11,13H,2-9,12H2,1H3;/q-1;+1. The Morgan fingerprint density at radius 1 is 0.913 bits per heavy atom. The summed E-state index contributed by atoms with van der Waals surface area (Å²) < 4.78 is 56.0. The van der Waals surface area contributed by atoms with Gasteiger partial charge >= 0.3 is 58.4 Å². The molecule has 0 fully saturated rings. The molecule has 0 aliphatic heterocycles. The molecular formula is C16H24BF4KO. The van der Waals surface area contributed by atoms with Crippen molar-refractivity contribution in [3.63, 3.8) is 0 Å². The number of unbranched alkanes of at least 4 members (excludes halogenated alkanes) is 7. The first kappa shape index (κ1) is 23.4. The third kappa shape index (κ3) is 10.1. The van der Waals surface area contributed by atoms with E-state index in [-0.39, 0.29) is 57.1 Å². The van der Waals surface area contributed by atoms with Crippen molar-refractivity contribution in [3.05, 3.63) is 24.0 Å². The van der Waals surface area contributed by atoms with Crippen LogP contribution < -0.4 is 61.6 Å². The minimum absolute atomic E-state index is 0. The predicted molar refractivity (Wildman–Crippen MR) is 83.2 cm³/mol. The third-order valence-electron chi connectivity index (χ3n) is 3.59. The van der Waals surface area contributed by atoms with Gasteiger partial charge in [0.1, 0.15) is 5.75 Å². The molecule has 0 radical (unpaired) electrons. The summed E-state index contributed by atoms with van der Waals surface area (Å²) in [5, 5.41) is 0. The molecule has 1 nitrogen and oxygen atoms in total. The fraction of sp³-hybridized carbons (Fsp3) is 0.625. The van der Waals surface area contributed by atoms with Gasteiger partial charge in [-0.3, -0.25) is 0 Å². The zero-order chi connectivity index (χ0) is 16.4. The minimum Gasteiger partial charge on any atom is -0.493 e. The molecule has 0 saturated heterocycles. The third-order valence-corrected chi connectivity index (χ3v) is 3.59. The SMILES string of the molecule is CCCCCCCCCCOc1ccc([B-](F)(F)F)c(F)c1.[K+]. The van der Waals surface area contributed by atoms with E-state index in [9.17, 15) is 17.3 Å². The summed E-state index contributed by atoms with van der Waals surface area (Å²) >= 11 is 0. The van der Waals surface area contributed by atoms with Gasteiger partial charge in [-0.05, 0) is 12.5 Å². The van der Waals surface area contributed by atoms with Crippen LogP contribution >= 0.6 is 0 Å². The van der Waals surface area contributed by atoms with E-state index in [1.54, 1.807) is 0 Å². The van der Waals surface area contributed by atoms with Gasteiger partial charge in [0.2, 0.25) is 0 Å². The van der Waals surface area contributed by atoms with Crippen LogP contribution in [0.3, 0.4) is 0 Å². The fourth-order valence-corrected chi connectivity index (χ4v) is 2.29. The number of halogens is 4. The van der Waals surface area contributed by atoms with Gasteiger partial charge in [-0.1, -0.05) is 63.4 Å². The molecule has 0 spiro atoms. The maximum atomic E-state index is 13.3. The molecule has 1 aromatic carbocycles. The van der Waals surface area contributed by atoms with E-state index in [4.69, 9.17) is 4.74 Å². The van der Waals surface area contributed by atoms with E-state index in [2.05, 4.69) is 6.92 Å². The van der Waals surface area contributed by atoms with E-state index in [1.807, 2.05) is 0 Å². The second-order valence-corrected chi connectivity index (χ2v) is 5.58. The van der Waals surface area contributed by atoms with E-state index in [1.165, 1.54) is 38.2 Å². The van der Waals surface area contributed by atoms with Crippen molar-refractivity contribution in [2.45, 2.75) is 58.3 Å². The van der Waals surface area contributed by atoms with Crippen molar-refractivity contribution in [3.8, 4) is 5.75 Å². The second kappa shape index (κ2) is 12.8. The van der Waals surface area contributed by atoms with Crippen LogP contribution in [0.25, 0.3) is 0 Å². The molecular weight excluding hydrogens is 334 g/mol. The number of rotatable bonds is 11. The zero-order valence-electron chi connectivity index (χ0n) is 14.1. The van der Waals surface area contributed by atoms with Gasteiger partial charge < -0.3 is 17.7 Å². The van der Waals surface area contributed by atoms with Crippen LogP contribution in [0, 0.1) is 5.82 Å². The summed E-state index contributed by atoms with van der Waals surface area (Å²) in [5.74, 6) is -1.11. The molecule has 0 saturated carbocycles. The van der Waals surface area contributed by atoms with Crippen molar-refractivity contribution < 1.29 is 73.5 Å². The van der Waals surface area contributed by atoms with Crippen LogP contribution in [0.4, 0.5) is 17.3 Å². The van der Waals surface area contributed by atoms with Crippen LogP contribution in [0.5, 0.6) is 5.75 Å². The molecule has 7 heteroatoms. The monoisotopic (exact) mass is 358 g/mol. The summed E-state index contributed by atoms with van der Waals surface area (Å²) in [6.45, 7) is -2.72. The van der Waals surface area contributed by atoms with Crippen LogP contribution in [-0.4, -0.2) is 13.6 Å². The summed E-state index contributed by atoms with van der Waals surface area (Å²) in [6.07, 6.45) is 9.25. The Balaban J connectivity index is 0.00000484. The fourth-order valence-electron chi connectivity index (χ4n) is 2.29. The van der Waals surface area contributed by atoms with Crippen molar-refractivity contribution >= 4 is 12.4 Å². The Morgan fingerprint density at radius 2 is 1.48 bits per heavy atom. The van der Waals surface area contributed by atoms with E-state index < -0.39 is 18.3 Å². The molecule has 0 unspecified atom stereocenters. The van der Waals surface area contributed by atoms with Crippen LogP contribution in [0.1, 0.15) is 58.3 Å². The van der Waals surface area contributed by atoms with Crippen LogP contribution in [0.15, 0.2) is 18.2 Å². The first-order valence-corrected chi connectivity index (χ1v) is 8.07. The number of hydrogen-bond donors (Lipinski definition) is 0. The largest absolute Gasteiger partial charge is 1.00 e. The van der Waals surface area contributed by atoms with Gasteiger partial charge in [-0.25, -0.2) is 4.39 Å². The first-order chi connectivity index (χ1) is 10.4. The van der Waals surface area contributed by atoms with Crippen molar-refractivity contribution in [2.24, 2.45) is 0 Å². The summed E-state index contributed by atoms with van der Waals surface area (Å²) in [4.78, 5) is 0. The molecule has 1 rings (SSSR count). The number of ether oxygens (including phenoxy) is 1. The Labute approximate surface area is 179 Å². The molecule has 126 valence electrons. The minimum atomic E-state index is -5.31. The average molecular weight is 358 g/mol. The van der Waals surface area contributed by atoms with Crippen molar-refractivity contribution in [1.82, 2.24) is 0 Å². The molecule has 0 aromatic heterocycles. The molecule has 23 heavy (non-hydrogen) atoms. The van der Waals surface area contributed by atoms with Gasteiger partial charge in [0.15, 0.2) is 0 Å². The summed E-state index contributed by atoms with van der Waals surface area (Å²) in [5.41, 5.74) is -1.19. The van der Waals surface area contributed by atoms with Crippen LogP contribution in [0.2, 0.25) is 0 Å². The summed E-state index contributed by atoms with van der Waals surface area (Å²) in [6, 6.07) is 2.74. The molecule has 0 heterocycles. The second-order valence-electron chi connectivity index (χ2n) is 5.58. The Kier molecular flexibility index (Phi) is 13.0. The van der Waals surface area contributed by atoms with Crippen LogP contribution in [-0.2, 0) is 0 Å².